The Bertz CT molecular complexity index is 323. The minimum absolute atomic E-state index is 0.0657. The van der Waals surface area contributed by atoms with Crippen LogP contribution in [0.4, 0.5) is 0 Å². The number of carboxylic acids is 1. The molecule has 18 heavy (non-hydrogen) atoms. The lowest BCUT2D eigenvalue weighted by molar-refractivity contribution is -0.141. The number of rotatable bonds is 4. The fourth-order valence-electron chi connectivity index (χ4n) is 2.29. The van der Waals surface area contributed by atoms with Gasteiger partial charge in [0.2, 0.25) is 5.91 Å². The summed E-state index contributed by atoms with van der Waals surface area (Å²) in [5.74, 6) is -1.00. The number of aliphatic carboxylic acids is 1. The summed E-state index contributed by atoms with van der Waals surface area (Å²) in [5, 5.41) is 8.91. The summed E-state index contributed by atoms with van der Waals surface area (Å²) in [6.45, 7) is 8.50. The number of amides is 1. The smallest absolute Gasteiger partial charge is 0.307 e. The molecule has 5 nitrogen and oxygen atoms in total. The predicted octanol–water partition coefficient (Wildman–Crippen LogP) is 0.897. The third-order valence-electron chi connectivity index (χ3n) is 3.12. The summed E-state index contributed by atoms with van der Waals surface area (Å²) in [7, 11) is 1.80. The van der Waals surface area contributed by atoms with Crippen LogP contribution < -0.4 is 0 Å². The molecule has 5 heteroatoms. The van der Waals surface area contributed by atoms with Gasteiger partial charge in [0.05, 0.1) is 12.5 Å². The van der Waals surface area contributed by atoms with Crippen molar-refractivity contribution in [3.63, 3.8) is 0 Å². The number of likely N-dealkylation sites (N-methyl/N-ethyl adjacent to an activating group) is 1. The molecule has 1 unspecified atom stereocenters. The Labute approximate surface area is 109 Å². The highest BCUT2D eigenvalue weighted by Crippen LogP contribution is 2.17. The maximum atomic E-state index is 12.0. The van der Waals surface area contributed by atoms with E-state index in [2.05, 4.69) is 20.8 Å². The van der Waals surface area contributed by atoms with Crippen LogP contribution >= 0.6 is 0 Å². The van der Waals surface area contributed by atoms with Crippen LogP contribution in [0.3, 0.4) is 0 Å². The van der Waals surface area contributed by atoms with E-state index >= 15 is 0 Å². The van der Waals surface area contributed by atoms with Crippen LogP contribution in [-0.4, -0.2) is 60.0 Å². The SMILES string of the molecule is CN(CC(C)(C)C)C(=O)CN1CCC(C(=O)O)C1. The fourth-order valence-corrected chi connectivity index (χ4v) is 2.29. The summed E-state index contributed by atoms with van der Waals surface area (Å²) in [6, 6.07) is 0. The molecule has 104 valence electrons. The molecular weight excluding hydrogens is 232 g/mol. The van der Waals surface area contributed by atoms with Gasteiger partial charge in [-0.2, -0.15) is 0 Å². The van der Waals surface area contributed by atoms with Gasteiger partial charge in [-0.05, 0) is 18.4 Å². The summed E-state index contributed by atoms with van der Waals surface area (Å²) in [6.07, 6.45) is 0.644. The highest BCUT2D eigenvalue weighted by Gasteiger charge is 2.29. The van der Waals surface area contributed by atoms with E-state index in [0.29, 0.717) is 32.6 Å². The minimum Gasteiger partial charge on any atom is -0.481 e. The van der Waals surface area contributed by atoms with Crippen molar-refractivity contribution in [2.24, 2.45) is 11.3 Å². The molecular formula is C13H24N2O3. The molecule has 0 aliphatic carbocycles. The Balaban J connectivity index is 2.39. The summed E-state index contributed by atoms with van der Waals surface area (Å²) in [5.41, 5.74) is 0.0824. The van der Waals surface area contributed by atoms with E-state index in [0.717, 1.165) is 0 Å². The van der Waals surface area contributed by atoms with Gasteiger partial charge >= 0.3 is 5.97 Å². The van der Waals surface area contributed by atoms with E-state index in [9.17, 15) is 9.59 Å². The van der Waals surface area contributed by atoms with Gasteiger partial charge in [0.25, 0.3) is 0 Å². The van der Waals surface area contributed by atoms with Gasteiger partial charge in [0.1, 0.15) is 0 Å². The van der Waals surface area contributed by atoms with Crippen molar-refractivity contribution in [3.8, 4) is 0 Å². The second kappa shape index (κ2) is 5.69. The Hall–Kier alpha value is -1.10. The van der Waals surface area contributed by atoms with Crippen molar-refractivity contribution in [1.82, 2.24) is 9.80 Å². The predicted molar refractivity (Wildman–Crippen MR) is 69.3 cm³/mol. The van der Waals surface area contributed by atoms with Crippen LogP contribution in [-0.2, 0) is 9.59 Å². The maximum Gasteiger partial charge on any atom is 0.307 e. The van der Waals surface area contributed by atoms with Crippen molar-refractivity contribution in [2.75, 3.05) is 33.2 Å². The van der Waals surface area contributed by atoms with Crippen molar-refractivity contribution < 1.29 is 14.7 Å². The average molecular weight is 256 g/mol. The van der Waals surface area contributed by atoms with Crippen LogP contribution in [0.25, 0.3) is 0 Å². The van der Waals surface area contributed by atoms with Gasteiger partial charge in [-0.15, -0.1) is 0 Å². The molecule has 0 spiro atoms. The van der Waals surface area contributed by atoms with Crippen LogP contribution in [0.15, 0.2) is 0 Å². The number of hydrogen-bond acceptors (Lipinski definition) is 3. The molecule has 1 aliphatic heterocycles. The fraction of sp³-hybridized carbons (Fsp3) is 0.846. The Morgan fingerprint density at radius 3 is 2.44 bits per heavy atom. The summed E-state index contributed by atoms with van der Waals surface area (Å²) in [4.78, 5) is 26.5. The van der Waals surface area contributed by atoms with Crippen molar-refractivity contribution in [2.45, 2.75) is 27.2 Å². The zero-order valence-electron chi connectivity index (χ0n) is 11.8. The number of likely N-dealkylation sites (tertiary alicyclic amines) is 1. The van der Waals surface area contributed by atoms with Gasteiger partial charge in [-0.1, -0.05) is 20.8 Å². The number of carbonyl (C=O) groups excluding carboxylic acids is 1. The van der Waals surface area contributed by atoms with E-state index in [1.807, 2.05) is 4.90 Å². The molecule has 0 aromatic rings. The van der Waals surface area contributed by atoms with Crippen LogP contribution in [0.2, 0.25) is 0 Å². The number of carboxylic acid groups (broad SMARTS) is 1. The van der Waals surface area contributed by atoms with Crippen LogP contribution in [0.5, 0.6) is 0 Å². The van der Waals surface area contributed by atoms with E-state index in [4.69, 9.17) is 5.11 Å². The summed E-state index contributed by atoms with van der Waals surface area (Å²) < 4.78 is 0. The van der Waals surface area contributed by atoms with E-state index in [-0.39, 0.29) is 17.2 Å². The van der Waals surface area contributed by atoms with Crippen molar-refractivity contribution in [3.05, 3.63) is 0 Å². The quantitative estimate of drug-likeness (QED) is 0.811. The molecule has 1 heterocycles. The largest absolute Gasteiger partial charge is 0.481 e. The highest BCUT2D eigenvalue weighted by atomic mass is 16.4. The first-order valence-electron chi connectivity index (χ1n) is 6.38. The zero-order chi connectivity index (χ0) is 13.9. The van der Waals surface area contributed by atoms with Crippen molar-refractivity contribution in [1.29, 1.82) is 0 Å². The van der Waals surface area contributed by atoms with Crippen molar-refractivity contribution >= 4 is 11.9 Å². The van der Waals surface area contributed by atoms with Gasteiger partial charge < -0.3 is 10.0 Å². The Morgan fingerprint density at radius 2 is 2.00 bits per heavy atom. The second-order valence-electron chi connectivity index (χ2n) is 6.37. The molecule has 1 rings (SSSR count). The van der Waals surface area contributed by atoms with Gasteiger partial charge in [-0.3, -0.25) is 14.5 Å². The molecule has 1 atom stereocenters. The second-order valence-corrected chi connectivity index (χ2v) is 6.37. The third kappa shape index (κ3) is 4.64. The molecule has 1 saturated heterocycles. The standard InChI is InChI=1S/C13H24N2O3/c1-13(2,3)9-14(4)11(16)8-15-6-5-10(7-15)12(17)18/h10H,5-9H2,1-4H3,(H,17,18). The monoisotopic (exact) mass is 256 g/mol. The molecule has 1 N–H and O–H groups in total. The Morgan fingerprint density at radius 1 is 1.39 bits per heavy atom. The normalized spacial score (nSPS) is 21.0. The van der Waals surface area contributed by atoms with Crippen LogP contribution in [0, 0.1) is 11.3 Å². The third-order valence-corrected chi connectivity index (χ3v) is 3.12. The van der Waals surface area contributed by atoms with E-state index < -0.39 is 5.97 Å². The maximum absolute atomic E-state index is 12.0. The lowest BCUT2D eigenvalue weighted by atomic mass is 9.96. The number of carbonyl (C=O) groups is 2. The molecule has 0 aromatic heterocycles. The molecule has 1 amide bonds. The highest BCUT2D eigenvalue weighted by molar-refractivity contribution is 5.78. The van der Waals surface area contributed by atoms with E-state index in [1.54, 1.807) is 11.9 Å². The minimum atomic E-state index is -0.756. The lowest BCUT2D eigenvalue weighted by Crippen LogP contribution is -2.41. The van der Waals surface area contributed by atoms with E-state index in [1.165, 1.54) is 0 Å². The average Bonchev–Trinajstić information content (AvgIpc) is 2.63. The first-order chi connectivity index (χ1) is 8.19. The first-order valence-corrected chi connectivity index (χ1v) is 6.38. The van der Waals surface area contributed by atoms with Gasteiger partial charge in [0.15, 0.2) is 0 Å². The van der Waals surface area contributed by atoms with Gasteiger partial charge in [-0.25, -0.2) is 0 Å². The molecule has 0 radical (unpaired) electrons. The molecule has 0 bridgehead atoms. The molecule has 1 aliphatic rings. The summed E-state index contributed by atoms with van der Waals surface area (Å²) >= 11 is 0. The lowest BCUT2D eigenvalue weighted by Gasteiger charge is -2.28. The number of nitrogens with zero attached hydrogens (tertiary/aromatic N) is 2. The number of hydrogen-bond donors (Lipinski definition) is 1. The van der Waals surface area contributed by atoms with Crippen LogP contribution in [0.1, 0.15) is 27.2 Å². The first kappa shape index (κ1) is 15.0. The topological polar surface area (TPSA) is 60.9 Å². The molecule has 1 fully saturated rings. The molecule has 0 saturated carbocycles. The Kier molecular flexibility index (Phi) is 4.73. The van der Waals surface area contributed by atoms with Gasteiger partial charge in [0, 0.05) is 20.1 Å². The zero-order valence-corrected chi connectivity index (χ0v) is 11.8. The molecule has 0 aromatic carbocycles.